The molecule has 0 saturated carbocycles. The van der Waals surface area contributed by atoms with Crippen molar-refractivity contribution in [3.05, 3.63) is 94.2 Å². The molecule has 0 fully saturated rings. The molecule has 0 aliphatic heterocycles. The van der Waals surface area contributed by atoms with Crippen LogP contribution in [-0.2, 0) is 20.0 Å². The Morgan fingerprint density at radius 3 is 1.97 bits per heavy atom. The molecule has 198 valence electrons. The number of aromatic nitrogens is 1. The Hall–Kier alpha value is -3.32. The molecule has 0 saturated heterocycles. The zero-order valence-corrected chi connectivity index (χ0v) is 23.9. The smallest absolute Gasteiger partial charge is 0.263 e. The number of methoxy groups -OCH3 is 1. The van der Waals surface area contributed by atoms with Crippen LogP contribution in [0.3, 0.4) is 0 Å². The number of anilines is 2. The van der Waals surface area contributed by atoms with Crippen molar-refractivity contribution in [1.29, 1.82) is 0 Å². The third kappa shape index (κ3) is 6.57. The number of hydrogen-bond acceptors (Lipinski definition) is 7. The number of nitrogens with one attached hydrogen (secondary N) is 2. The average molecular weight is 639 g/mol. The summed E-state index contributed by atoms with van der Waals surface area (Å²) in [6, 6.07) is 18.6. The third-order valence-electron chi connectivity index (χ3n) is 5.19. The molecule has 3 aromatic carbocycles. The lowest BCUT2D eigenvalue weighted by atomic mass is 10.2. The van der Waals surface area contributed by atoms with Gasteiger partial charge in [-0.25, -0.2) is 21.8 Å². The molecule has 4 rings (SSSR count). The van der Waals surface area contributed by atoms with Gasteiger partial charge in [-0.15, -0.1) is 0 Å². The third-order valence-corrected chi connectivity index (χ3v) is 9.04. The van der Waals surface area contributed by atoms with Gasteiger partial charge in [0, 0.05) is 12.3 Å². The van der Waals surface area contributed by atoms with Gasteiger partial charge < -0.3 is 9.47 Å². The summed E-state index contributed by atoms with van der Waals surface area (Å²) >= 11 is 9.04. The normalized spacial score (nSPS) is 11.6. The molecule has 1 aromatic heterocycles. The van der Waals surface area contributed by atoms with Gasteiger partial charge in [-0.05, 0) is 77.5 Å². The van der Waals surface area contributed by atoms with E-state index < -0.39 is 20.0 Å². The Bertz CT molecular complexity index is 1680. The van der Waals surface area contributed by atoms with E-state index in [2.05, 4.69) is 30.4 Å². The Balaban J connectivity index is 1.72. The quantitative estimate of drug-likeness (QED) is 0.209. The van der Waals surface area contributed by atoms with Crippen LogP contribution in [0.2, 0.25) is 5.15 Å². The molecule has 0 bridgehead atoms. The molecular weight excluding hydrogens is 618 g/mol. The Morgan fingerprint density at radius 1 is 0.763 bits per heavy atom. The van der Waals surface area contributed by atoms with Crippen molar-refractivity contribution in [1.82, 2.24) is 4.98 Å². The lowest BCUT2D eigenvalue weighted by Gasteiger charge is -2.16. The molecule has 2 N–H and O–H groups in total. The molecular formula is C25H21BrClN3O6S2. The van der Waals surface area contributed by atoms with Gasteiger partial charge in [-0.2, -0.15) is 0 Å². The molecule has 9 nitrogen and oxygen atoms in total. The van der Waals surface area contributed by atoms with Gasteiger partial charge in [0.05, 0.1) is 27.9 Å². The summed E-state index contributed by atoms with van der Waals surface area (Å²) in [5, 5.41) is 0.0931. The van der Waals surface area contributed by atoms with E-state index in [9.17, 15) is 16.8 Å². The number of benzene rings is 3. The van der Waals surface area contributed by atoms with E-state index >= 15 is 0 Å². The maximum Gasteiger partial charge on any atom is 0.263 e. The number of halogens is 2. The van der Waals surface area contributed by atoms with Crippen molar-refractivity contribution in [2.45, 2.75) is 16.7 Å². The molecule has 4 aromatic rings. The number of ether oxygens (including phenoxy) is 2. The van der Waals surface area contributed by atoms with Gasteiger partial charge in [0.2, 0.25) is 0 Å². The van der Waals surface area contributed by atoms with Crippen molar-refractivity contribution in [2.24, 2.45) is 0 Å². The van der Waals surface area contributed by atoms with Crippen molar-refractivity contribution < 1.29 is 26.3 Å². The van der Waals surface area contributed by atoms with Gasteiger partial charge in [-0.3, -0.25) is 9.44 Å². The minimum atomic E-state index is -4.17. The van der Waals surface area contributed by atoms with Crippen LogP contribution in [-0.4, -0.2) is 28.9 Å². The van der Waals surface area contributed by atoms with Crippen LogP contribution in [0.15, 0.2) is 93.3 Å². The van der Waals surface area contributed by atoms with Crippen molar-refractivity contribution in [3.63, 3.8) is 0 Å². The predicted octanol–water partition coefficient (Wildman–Crippen LogP) is 6.21. The summed E-state index contributed by atoms with van der Waals surface area (Å²) in [6.45, 7) is 1.83. The molecule has 0 spiro atoms. The highest BCUT2D eigenvalue weighted by atomic mass is 79.9. The van der Waals surface area contributed by atoms with E-state index in [1.54, 1.807) is 43.5 Å². The fraction of sp³-hybridized carbons (Fsp3) is 0.0800. The second kappa shape index (κ2) is 11.2. The summed E-state index contributed by atoms with van der Waals surface area (Å²) in [6.07, 6.45) is 1.09. The fourth-order valence-corrected chi connectivity index (χ4v) is 5.94. The minimum absolute atomic E-state index is 0.00390. The summed E-state index contributed by atoms with van der Waals surface area (Å²) in [5.74, 6) is 1.36. The molecule has 0 unspecified atom stereocenters. The van der Waals surface area contributed by atoms with Gasteiger partial charge in [0.25, 0.3) is 20.0 Å². The lowest BCUT2D eigenvalue weighted by molar-refractivity contribution is 0.413. The van der Waals surface area contributed by atoms with Crippen molar-refractivity contribution >= 4 is 59.0 Å². The fourth-order valence-electron chi connectivity index (χ4n) is 3.22. The first kappa shape index (κ1) is 27.7. The first-order valence-corrected chi connectivity index (χ1v) is 15.0. The number of rotatable bonds is 9. The summed E-state index contributed by atoms with van der Waals surface area (Å²) in [7, 11) is -6.71. The number of aryl methyl sites for hydroxylation is 1. The van der Waals surface area contributed by atoms with E-state index in [0.29, 0.717) is 11.5 Å². The van der Waals surface area contributed by atoms with E-state index in [4.69, 9.17) is 21.1 Å². The average Bonchev–Trinajstić information content (AvgIpc) is 2.87. The molecule has 0 aliphatic carbocycles. The number of hydrogen-bond donors (Lipinski definition) is 2. The van der Waals surface area contributed by atoms with E-state index in [1.165, 1.54) is 36.4 Å². The van der Waals surface area contributed by atoms with Gasteiger partial charge in [0.15, 0.2) is 0 Å². The molecule has 0 atom stereocenters. The SMILES string of the molecule is COc1ccc(Oc2ccc(NS(=O)(=O)c3cnc(Cl)c(Br)c3)c(NS(=O)(=O)c3ccc(C)cc3)c2)cc1. The molecule has 38 heavy (non-hydrogen) atoms. The van der Waals surface area contributed by atoms with E-state index in [-0.39, 0.29) is 36.5 Å². The Labute approximate surface area is 234 Å². The molecule has 13 heteroatoms. The number of sulfonamides is 2. The topological polar surface area (TPSA) is 124 Å². The van der Waals surface area contributed by atoms with Crippen molar-refractivity contribution in [2.75, 3.05) is 16.6 Å². The maximum absolute atomic E-state index is 13.1. The molecule has 0 aliphatic rings. The van der Waals surface area contributed by atoms with Gasteiger partial charge in [-0.1, -0.05) is 29.3 Å². The number of nitrogens with zero attached hydrogens (tertiary/aromatic N) is 1. The largest absolute Gasteiger partial charge is 0.497 e. The second-order valence-electron chi connectivity index (χ2n) is 7.95. The van der Waals surface area contributed by atoms with E-state index in [1.807, 2.05) is 6.92 Å². The molecule has 0 radical (unpaired) electrons. The van der Waals surface area contributed by atoms with E-state index in [0.717, 1.165) is 11.8 Å². The van der Waals surface area contributed by atoms with Gasteiger partial charge in [0.1, 0.15) is 27.3 Å². The highest BCUT2D eigenvalue weighted by Gasteiger charge is 2.22. The van der Waals surface area contributed by atoms with Crippen LogP contribution in [0, 0.1) is 6.92 Å². The first-order chi connectivity index (χ1) is 18.0. The minimum Gasteiger partial charge on any atom is -0.497 e. The molecule has 0 amide bonds. The lowest BCUT2D eigenvalue weighted by Crippen LogP contribution is -2.18. The number of pyridine rings is 1. The summed E-state index contributed by atoms with van der Waals surface area (Å²) in [5.41, 5.74) is 0.796. The monoisotopic (exact) mass is 637 g/mol. The summed E-state index contributed by atoms with van der Waals surface area (Å²) in [4.78, 5) is 3.67. The van der Waals surface area contributed by atoms with Crippen LogP contribution in [0.4, 0.5) is 11.4 Å². The Kier molecular flexibility index (Phi) is 8.16. The maximum atomic E-state index is 13.1. The van der Waals surface area contributed by atoms with Crippen LogP contribution in [0.1, 0.15) is 5.56 Å². The zero-order valence-electron chi connectivity index (χ0n) is 20.0. The first-order valence-electron chi connectivity index (χ1n) is 10.9. The zero-order chi connectivity index (χ0) is 27.5. The van der Waals surface area contributed by atoms with Crippen LogP contribution in [0.25, 0.3) is 0 Å². The Morgan fingerprint density at radius 2 is 1.34 bits per heavy atom. The highest BCUT2D eigenvalue weighted by Crippen LogP contribution is 2.34. The van der Waals surface area contributed by atoms with Crippen LogP contribution < -0.4 is 18.9 Å². The van der Waals surface area contributed by atoms with Gasteiger partial charge >= 0.3 is 0 Å². The van der Waals surface area contributed by atoms with Crippen LogP contribution >= 0.6 is 27.5 Å². The van der Waals surface area contributed by atoms with Crippen LogP contribution in [0.5, 0.6) is 17.2 Å². The second-order valence-corrected chi connectivity index (χ2v) is 12.5. The predicted molar refractivity (Wildman–Crippen MR) is 149 cm³/mol. The molecule has 1 heterocycles. The standard InChI is InChI=1S/C25H21BrClN3O6S2/c1-16-3-10-20(11-4-16)37(31,32)30-24-13-19(36-18-7-5-17(35-2)6-8-18)9-12-23(24)29-38(33,34)21-14-22(26)25(27)28-15-21/h3-15,29-30H,1-2H3. The summed E-state index contributed by atoms with van der Waals surface area (Å²) < 4.78 is 68.6. The highest BCUT2D eigenvalue weighted by molar-refractivity contribution is 9.10. The van der Waals surface area contributed by atoms with Crippen molar-refractivity contribution in [3.8, 4) is 17.2 Å².